The Kier molecular flexibility index (Phi) is 4.08. The van der Waals surface area contributed by atoms with Crippen LogP contribution in [0.15, 0.2) is 18.2 Å². The number of aliphatic hydroxyl groups excluding tert-OH is 1. The normalized spacial score (nSPS) is 12.9. The monoisotopic (exact) mass is 196 g/mol. The molecule has 1 aromatic rings. The lowest BCUT2D eigenvalue weighted by Gasteiger charge is -2.07. The van der Waals surface area contributed by atoms with Crippen LogP contribution in [0.3, 0.4) is 0 Å². The molecule has 0 aliphatic heterocycles. The highest BCUT2D eigenvalue weighted by Crippen LogP contribution is 2.12. The number of hydrogen-bond donors (Lipinski definition) is 1. The summed E-state index contributed by atoms with van der Waals surface area (Å²) in [7, 11) is 0. The summed E-state index contributed by atoms with van der Waals surface area (Å²) < 4.78 is 13.1. The first-order valence-electron chi connectivity index (χ1n) is 5.06. The molecule has 0 saturated carbocycles. The largest absolute Gasteiger partial charge is 0.393 e. The molecular formula is C12H17FO. The average molecular weight is 196 g/mol. The third kappa shape index (κ3) is 3.11. The Labute approximate surface area is 84.6 Å². The van der Waals surface area contributed by atoms with Crippen molar-refractivity contribution in [1.29, 1.82) is 0 Å². The minimum absolute atomic E-state index is 0.159. The number of benzene rings is 1. The summed E-state index contributed by atoms with van der Waals surface area (Å²) >= 11 is 0. The van der Waals surface area contributed by atoms with E-state index in [4.69, 9.17) is 0 Å². The second-order valence-electron chi connectivity index (χ2n) is 3.68. The number of rotatable bonds is 4. The topological polar surface area (TPSA) is 20.2 Å². The van der Waals surface area contributed by atoms with E-state index in [9.17, 15) is 9.50 Å². The molecule has 0 spiro atoms. The molecule has 0 fully saturated rings. The Balaban J connectivity index is 2.55. The van der Waals surface area contributed by atoms with E-state index in [1.807, 2.05) is 13.0 Å². The van der Waals surface area contributed by atoms with Crippen molar-refractivity contribution in [2.75, 3.05) is 0 Å². The third-order valence-corrected chi connectivity index (χ3v) is 2.47. The van der Waals surface area contributed by atoms with Crippen molar-refractivity contribution < 1.29 is 9.50 Å². The SMILES string of the molecule is CCC(O)CCc1ccc(C)c(F)c1. The predicted octanol–water partition coefficient (Wildman–Crippen LogP) is 2.84. The van der Waals surface area contributed by atoms with E-state index in [0.717, 1.165) is 18.4 Å². The highest BCUT2D eigenvalue weighted by molar-refractivity contribution is 5.23. The molecule has 78 valence electrons. The fourth-order valence-corrected chi connectivity index (χ4v) is 1.33. The van der Waals surface area contributed by atoms with Crippen molar-refractivity contribution >= 4 is 0 Å². The zero-order valence-corrected chi connectivity index (χ0v) is 8.76. The quantitative estimate of drug-likeness (QED) is 0.785. The zero-order chi connectivity index (χ0) is 10.6. The second-order valence-corrected chi connectivity index (χ2v) is 3.68. The lowest BCUT2D eigenvalue weighted by atomic mass is 10.0. The van der Waals surface area contributed by atoms with Gasteiger partial charge in [-0.05, 0) is 43.4 Å². The highest BCUT2D eigenvalue weighted by Gasteiger charge is 2.03. The molecule has 0 amide bonds. The Morgan fingerprint density at radius 2 is 2.14 bits per heavy atom. The molecule has 14 heavy (non-hydrogen) atoms. The van der Waals surface area contributed by atoms with Gasteiger partial charge in [-0.15, -0.1) is 0 Å². The minimum Gasteiger partial charge on any atom is -0.393 e. The van der Waals surface area contributed by atoms with Gasteiger partial charge in [-0.2, -0.15) is 0 Å². The van der Waals surface area contributed by atoms with Crippen LogP contribution >= 0.6 is 0 Å². The van der Waals surface area contributed by atoms with E-state index in [1.54, 1.807) is 19.1 Å². The van der Waals surface area contributed by atoms with Gasteiger partial charge < -0.3 is 5.11 Å². The molecule has 0 bridgehead atoms. The molecule has 1 rings (SSSR count). The summed E-state index contributed by atoms with van der Waals surface area (Å²) in [6.07, 6.45) is 1.94. The zero-order valence-electron chi connectivity index (χ0n) is 8.76. The first-order valence-corrected chi connectivity index (χ1v) is 5.06. The smallest absolute Gasteiger partial charge is 0.126 e. The van der Waals surface area contributed by atoms with Crippen molar-refractivity contribution in [3.63, 3.8) is 0 Å². The molecule has 0 aliphatic rings. The molecule has 1 N–H and O–H groups in total. The van der Waals surface area contributed by atoms with Crippen LogP contribution in [0, 0.1) is 12.7 Å². The van der Waals surface area contributed by atoms with E-state index in [0.29, 0.717) is 12.0 Å². The van der Waals surface area contributed by atoms with Gasteiger partial charge in [0.2, 0.25) is 0 Å². The van der Waals surface area contributed by atoms with Crippen LogP contribution in [-0.2, 0) is 6.42 Å². The summed E-state index contributed by atoms with van der Waals surface area (Å²) in [5.41, 5.74) is 1.63. The van der Waals surface area contributed by atoms with Gasteiger partial charge in [-0.3, -0.25) is 0 Å². The summed E-state index contributed by atoms with van der Waals surface area (Å²) in [4.78, 5) is 0. The molecule has 1 atom stereocenters. The molecule has 1 aromatic carbocycles. The van der Waals surface area contributed by atoms with Gasteiger partial charge >= 0.3 is 0 Å². The van der Waals surface area contributed by atoms with Crippen molar-refractivity contribution in [3.05, 3.63) is 35.1 Å². The van der Waals surface area contributed by atoms with Crippen molar-refractivity contribution in [2.24, 2.45) is 0 Å². The lowest BCUT2D eigenvalue weighted by molar-refractivity contribution is 0.160. The van der Waals surface area contributed by atoms with E-state index in [-0.39, 0.29) is 11.9 Å². The predicted molar refractivity (Wildman–Crippen MR) is 55.8 cm³/mol. The highest BCUT2D eigenvalue weighted by atomic mass is 19.1. The fourth-order valence-electron chi connectivity index (χ4n) is 1.33. The summed E-state index contributed by atoms with van der Waals surface area (Å²) in [6, 6.07) is 5.25. The summed E-state index contributed by atoms with van der Waals surface area (Å²) in [5.74, 6) is -0.159. The van der Waals surface area contributed by atoms with Crippen LogP contribution in [0.1, 0.15) is 30.9 Å². The maximum Gasteiger partial charge on any atom is 0.126 e. The molecule has 2 heteroatoms. The third-order valence-electron chi connectivity index (χ3n) is 2.47. The maximum absolute atomic E-state index is 13.1. The fraction of sp³-hybridized carbons (Fsp3) is 0.500. The Morgan fingerprint density at radius 1 is 1.43 bits per heavy atom. The maximum atomic E-state index is 13.1. The molecule has 0 heterocycles. The van der Waals surface area contributed by atoms with E-state index < -0.39 is 0 Å². The van der Waals surface area contributed by atoms with Crippen LogP contribution in [0.5, 0.6) is 0 Å². The lowest BCUT2D eigenvalue weighted by Crippen LogP contribution is -2.05. The van der Waals surface area contributed by atoms with Crippen LogP contribution in [0.2, 0.25) is 0 Å². The van der Waals surface area contributed by atoms with Crippen molar-refractivity contribution in [2.45, 2.75) is 39.2 Å². The van der Waals surface area contributed by atoms with Gasteiger partial charge in [-0.25, -0.2) is 4.39 Å². The van der Waals surface area contributed by atoms with Crippen LogP contribution in [-0.4, -0.2) is 11.2 Å². The number of hydrogen-bond acceptors (Lipinski definition) is 1. The number of halogens is 1. The van der Waals surface area contributed by atoms with E-state index in [2.05, 4.69) is 0 Å². The number of aliphatic hydroxyl groups is 1. The summed E-state index contributed by atoms with van der Waals surface area (Å²) in [6.45, 7) is 3.69. The minimum atomic E-state index is -0.264. The van der Waals surface area contributed by atoms with Crippen LogP contribution in [0.25, 0.3) is 0 Å². The second kappa shape index (κ2) is 5.11. The molecule has 0 aliphatic carbocycles. The van der Waals surface area contributed by atoms with E-state index in [1.165, 1.54) is 0 Å². The van der Waals surface area contributed by atoms with Gasteiger partial charge in [0.05, 0.1) is 6.10 Å². The van der Waals surface area contributed by atoms with Gasteiger partial charge in [0.1, 0.15) is 5.82 Å². The summed E-state index contributed by atoms with van der Waals surface area (Å²) in [5, 5.41) is 9.35. The van der Waals surface area contributed by atoms with Gasteiger partial charge in [-0.1, -0.05) is 19.1 Å². The van der Waals surface area contributed by atoms with Gasteiger partial charge in [0.25, 0.3) is 0 Å². The molecule has 1 nitrogen and oxygen atoms in total. The molecule has 0 aromatic heterocycles. The van der Waals surface area contributed by atoms with Gasteiger partial charge in [0, 0.05) is 0 Å². The van der Waals surface area contributed by atoms with E-state index >= 15 is 0 Å². The van der Waals surface area contributed by atoms with Crippen molar-refractivity contribution in [3.8, 4) is 0 Å². The Hall–Kier alpha value is -0.890. The van der Waals surface area contributed by atoms with Crippen LogP contribution in [0.4, 0.5) is 4.39 Å². The molecular weight excluding hydrogens is 179 g/mol. The average Bonchev–Trinajstić information content (AvgIpc) is 2.19. The number of aryl methyl sites for hydroxylation is 2. The van der Waals surface area contributed by atoms with Crippen molar-refractivity contribution in [1.82, 2.24) is 0 Å². The van der Waals surface area contributed by atoms with Crippen LogP contribution < -0.4 is 0 Å². The Bertz CT molecular complexity index is 296. The molecule has 0 radical (unpaired) electrons. The van der Waals surface area contributed by atoms with Gasteiger partial charge in [0.15, 0.2) is 0 Å². The first kappa shape index (κ1) is 11.2. The Morgan fingerprint density at radius 3 is 2.71 bits per heavy atom. The standard InChI is InChI=1S/C12H17FO/c1-3-11(14)7-6-10-5-4-9(2)12(13)8-10/h4-5,8,11,14H,3,6-7H2,1-2H3. The molecule has 1 unspecified atom stereocenters. The molecule has 0 saturated heterocycles. The first-order chi connectivity index (χ1) is 6.63.